The van der Waals surface area contributed by atoms with Gasteiger partial charge in [0.25, 0.3) is 5.91 Å². The Labute approximate surface area is 227 Å². The van der Waals surface area contributed by atoms with Crippen molar-refractivity contribution in [2.75, 3.05) is 13.2 Å². The van der Waals surface area contributed by atoms with E-state index >= 15 is 0 Å². The Hall–Kier alpha value is -4.44. The predicted octanol–water partition coefficient (Wildman–Crippen LogP) is 5.20. The number of amides is 1. The van der Waals surface area contributed by atoms with Gasteiger partial charge in [0.1, 0.15) is 17.9 Å². The summed E-state index contributed by atoms with van der Waals surface area (Å²) >= 11 is 3.50. The first-order valence-electron chi connectivity index (χ1n) is 11.6. The second-order valence-corrected chi connectivity index (χ2v) is 8.82. The molecule has 0 unspecified atom stereocenters. The summed E-state index contributed by atoms with van der Waals surface area (Å²) in [5.41, 5.74) is 4.66. The molecule has 2 N–H and O–H groups in total. The Morgan fingerprint density at radius 3 is 2.66 bits per heavy atom. The number of hydrogen-bond acceptors (Lipinski definition) is 7. The summed E-state index contributed by atoms with van der Waals surface area (Å²) < 4.78 is 17.9. The molecule has 0 fully saturated rings. The molecule has 0 bridgehead atoms. The summed E-state index contributed by atoms with van der Waals surface area (Å²) in [7, 11) is 0. The maximum absolute atomic E-state index is 12.3. The number of carbonyl (C=O) groups is 2. The number of benzene rings is 3. The second-order valence-electron chi connectivity index (χ2n) is 7.97. The fourth-order valence-electron chi connectivity index (χ4n) is 3.56. The van der Waals surface area contributed by atoms with Crippen LogP contribution in [0.15, 0.2) is 82.5 Å². The van der Waals surface area contributed by atoms with E-state index in [-0.39, 0.29) is 18.8 Å². The van der Waals surface area contributed by atoms with Gasteiger partial charge in [-0.1, -0.05) is 30.3 Å². The third kappa shape index (κ3) is 6.86. The van der Waals surface area contributed by atoms with E-state index in [1.165, 1.54) is 12.3 Å². The Kier molecular flexibility index (Phi) is 8.89. The number of rotatable bonds is 11. The molecule has 9 nitrogen and oxygen atoms in total. The van der Waals surface area contributed by atoms with Crippen LogP contribution in [0, 0.1) is 0 Å². The molecular formula is C28H24BrN3O6. The van der Waals surface area contributed by atoms with Gasteiger partial charge in [0.2, 0.25) is 0 Å². The lowest BCUT2D eigenvalue weighted by Gasteiger charge is -2.15. The van der Waals surface area contributed by atoms with Gasteiger partial charge < -0.3 is 19.3 Å². The molecule has 0 saturated heterocycles. The monoisotopic (exact) mass is 577 g/mol. The van der Waals surface area contributed by atoms with Crippen LogP contribution in [-0.2, 0) is 11.4 Å². The van der Waals surface area contributed by atoms with Crippen LogP contribution in [0.2, 0.25) is 0 Å². The molecule has 38 heavy (non-hydrogen) atoms. The average molecular weight is 578 g/mol. The fraction of sp³-hybridized carbons (Fsp3) is 0.143. The number of halogens is 1. The minimum absolute atomic E-state index is 0.148. The zero-order chi connectivity index (χ0) is 26.9. The van der Waals surface area contributed by atoms with Gasteiger partial charge in [0.15, 0.2) is 18.1 Å². The SMILES string of the molecule is CCOc1cc(/C=N\NC(=O)COc2cccc3cccnc23)cc(Br)c1OCc1cccc(C(=O)O)c1. The van der Waals surface area contributed by atoms with Crippen LogP contribution in [0.3, 0.4) is 0 Å². The number of hydrogen-bond donors (Lipinski definition) is 2. The second kappa shape index (κ2) is 12.7. The van der Waals surface area contributed by atoms with Crippen molar-refractivity contribution >= 4 is 44.9 Å². The maximum atomic E-state index is 12.3. The highest BCUT2D eigenvalue weighted by atomic mass is 79.9. The van der Waals surface area contributed by atoms with Crippen molar-refractivity contribution in [2.24, 2.45) is 5.10 Å². The molecule has 1 amide bonds. The van der Waals surface area contributed by atoms with Crippen LogP contribution in [0.1, 0.15) is 28.4 Å². The number of carboxylic acids is 1. The number of nitrogens with one attached hydrogen (secondary N) is 1. The number of ether oxygens (including phenoxy) is 3. The molecule has 4 aromatic rings. The molecule has 10 heteroatoms. The molecule has 0 radical (unpaired) electrons. The Balaban J connectivity index is 1.38. The van der Waals surface area contributed by atoms with Gasteiger partial charge >= 0.3 is 5.97 Å². The highest BCUT2D eigenvalue weighted by Gasteiger charge is 2.13. The normalized spacial score (nSPS) is 10.9. The summed E-state index contributed by atoms with van der Waals surface area (Å²) in [6.07, 6.45) is 3.14. The van der Waals surface area contributed by atoms with E-state index in [0.29, 0.717) is 45.0 Å². The van der Waals surface area contributed by atoms with Gasteiger partial charge in [-0.2, -0.15) is 5.10 Å². The first kappa shape index (κ1) is 26.6. The molecule has 0 aliphatic heterocycles. The summed E-state index contributed by atoms with van der Waals surface area (Å²) in [5, 5.41) is 14.1. The van der Waals surface area contributed by atoms with E-state index in [1.807, 2.05) is 31.2 Å². The van der Waals surface area contributed by atoms with Crippen LogP contribution in [0.4, 0.5) is 0 Å². The van der Waals surface area contributed by atoms with Crippen molar-refractivity contribution < 1.29 is 28.9 Å². The molecule has 0 saturated carbocycles. The minimum atomic E-state index is -1.00. The van der Waals surface area contributed by atoms with Crippen molar-refractivity contribution in [3.05, 3.63) is 94.1 Å². The van der Waals surface area contributed by atoms with Crippen molar-refractivity contribution in [2.45, 2.75) is 13.5 Å². The highest BCUT2D eigenvalue weighted by Crippen LogP contribution is 2.37. The third-order valence-electron chi connectivity index (χ3n) is 5.25. The number of para-hydroxylation sites is 1. The molecule has 1 aromatic heterocycles. The van der Waals surface area contributed by atoms with Crippen molar-refractivity contribution in [3.8, 4) is 17.2 Å². The van der Waals surface area contributed by atoms with E-state index in [4.69, 9.17) is 14.2 Å². The Morgan fingerprint density at radius 2 is 1.84 bits per heavy atom. The first-order chi connectivity index (χ1) is 18.4. The Morgan fingerprint density at radius 1 is 1.03 bits per heavy atom. The molecule has 4 rings (SSSR count). The van der Waals surface area contributed by atoms with Crippen LogP contribution in [0.5, 0.6) is 17.2 Å². The maximum Gasteiger partial charge on any atom is 0.335 e. The molecular weight excluding hydrogens is 554 g/mol. The molecule has 3 aromatic carbocycles. The smallest absolute Gasteiger partial charge is 0.335 e. The van der Waals surface area contributed by atoms with Gasteiger partial charge in [-0.05, 0) is 70.4 Å². The average Bonchev–Trinajstić information content (AvgIpc) is 2.91. The zero-order valence-electron chi connectivity index (χ0n) is 20.4. The van der Waals surface area contributed by atoms with E-state index in [1.54, 1.807) is 42.6 Å². The molecule has 0 spiro atoms. The molecule has 194 valence electrons. The molecule has 0 aliphatic carbocycles. The zero-order valence-corrected chi connectivity index (χ0v) is 22.0. The lowest BCUT2D eigenvalue weighted by Crippen LogP contribution is -2.24. The van der Waals surface area contributed by atoms with Gasteiger partial charge in [-0.25, -0.2) is 10.2 Å². The summed E-state index contributed by atoms with van der Waals surface area (Å²) in [5.74, 6) is 0.0113. The topological polar surface area (TPSA) is 119 Å². The van der Waals surface area contributed by atoms with Crippen molar-refractivity contribution in [1.82, 2.24) is 10.4 Å². The number of carboxylic acid groups (broad SMARTS) is 1. The van der Waals surface area contributed by atoms with E-state index in [0.717, 1.165) is 5.39 Å². The van der Waals surface area contributed by atoms with Gasteiger partial charge in [0.05, 0.1) is 22.9 Å². The number of aromatic nitrogens is 1. The van der Waals surface area contributed by atoms with Crippen molar-refractivity contribution in [1.29, 1.82) is 0 Å². The number of fused-ring (bicyclic) bond motifs is 1. The van der Waals surface area contributed by atoms with Crippen molar-refractivity contribution in [3.63, 3.8) is 0 Å². The lowest BCUT2D eigenvalue weighted by atomic mass is 10.1. The van der Waals surface area contributed by atoms with E-state index in [9.17, 15) is 14.7 Å². The number of pyridine rings is 1. The van der Waals surface area contributed by atoms with Gasteiger partial charge in [-0.15, -0.1) is 0 Å². The molecule has 1 heterocycles. The quantitative estimate of drug-likeness (QED) is 0.185. The third-order valence-corrected chi connectivity index (χ3v) is 5.84. The standard InChI is InChI=1S/C28H24BrN3O6/c1-2-36-24-14-19(13-22(29)27(24)38-16-18-6-3-8-21(12-18)28(34)35)15-31-32-25(33)17-37-23-10-4-7-20-9-5-11-30-26(20)23/h3-15H,2,16-17H2,1H3,(H,32,33)(H,34,35)/b31-15-. The highest BCUT2D eigenvalue weighted by molar-refractivity contribution is 9.10. The number of carbonyl (C=O) groups excluding carboxylic acids is 1. The molecule has 0 aliphatic rings. The summed E-state index contributed by atoms with van der Waals surface area (Å²) in [4.78, 5) is 27.8. The lowest BCUT2D eigenvalue weighted by molar-refractivity contribution is -0.123. The van der Waals surface area contributed by atoms with Crippen LogP contribution in [-0.4, -0.2) is 41.4 Å². The fourth-order valence-corrected chi connectivity index (χ4v) is 4.14. The van der Waals surface area contributed by atoms with Gasteiger partial charge in [-0.3, -0.25) is 9.78 Å². The number of hydrazone groups is 1. The van der Waals surface area contributed by atoms with E-state index < -0.39 is 11.9 Å². The van der Waals surface area contributed by atoms with Crippen LogP contribution >= 0.6 is 15.9 Å². The summed E-state index contributed by atoms with van der Waals surface area (Å²) in [6.45, 7) is 2.17. The van der Waals surface area contributed by atoms with Crippen LogP contribution < -0.4 is 19.6 Å². The minimum Gasteiger partial charge on any atom is -0.490 e. The largest absolute Gasteiger partial charge is 0.490 e. The predicted molar refractivity (Wildman–Crippen MR) is 146 cm³/mol. The number of nitrogens with zero attached hydrogens (tertiary/aromatic N) is 2. The molecule has 0 atom stereocenters. The number of aromatic carboxylic acids is 1. The summed E-state index contributed by atoms with van der Waals surface area (Å²) in [6, 6.07) is 19.3. The van der Waals surface area contributed by atoms with Crippen LogP contribution in [0.25, 0.3) is 10.9 Å². The Bertz CT molecular complexity index is 1490. The van der Waals surface area contributed by atoms with Gasteiger partial charge in [0, 0.05) is 11.6 Å². The first-order valence-corrected chi connectivity index (χ1v) is 12.4. The van der Waals surface area contributed by atoms with E-state index in [2.05, 4.69) is 31.4 Å².